The van der Waals surface area contributed by atoms with Gasteiger partial charge in [0, 0.05) is 5.56 Å². The summed E-state index contributed by atoms with van der Waals surface area (Å²) in [6, 6.07) is 7.77. The number of hydrogen-bond donors (Lipinski definition) is 1. The summed E-state index contributed by atoms with van der Waals surface area (Å²) in [7, 11) is 0. The lowest BCUT2D eigenvalue weighted by atomic mass is 10.1. The number of halogens is 3. The van der Waals surface area contributed by atoms with Crippen molar-refractivity contribution in [3.63, 3.8) is 0 Å². The Morgan fingerprint density at radius 3 is 2.62 bits per heavy atom. The van der Waals surface area contributed by atoms with Crippen molar-refractivity contribution in [3.8, 4) is 5.75 Å². The molecule has 5 heteroatoms. The highest BCUT2D eigenvalue weighted by molar-refractivity contribution is 9.10. The molecule has 2 aromatic carbocycles. The van der Waals surface area contributed by atoms with E-state index in [0.29, 0.717) is 11.3 Å². The van der Waals surface area contributed by atoms with Gasteiger partial charge < -0.3 is 9.84 Å². The van der Waals surface area contributed by atoms with Gasteiger partial charge in [-0.2, -0.15) is 0 Å². The van der Waals surface area contributed by atoms with Crippen LogP contribution in [0.4, 0.5) is 8.78 Å². The quantitative estimate of drug-likeness (QED) is 0.806. The highest BCUT2D eigenvalue weighted by Crippen LogP contribution is 2.28. The summed E-state index contributed by atoms with van der Waals surface area (Å²) in [6.07, 6.45) is -0.725. The van der Waals surface area contributed by atoms with E-state index in [9.17, 15) is 13.9 Å². The molecule has 0 saturated heterocycles. The van der Waals surface area contributed by atoms with Gasteiger partial charge in [0.15, 0.2) is 0 Å². The smallest absolute Gasteiger partial charge is 0.146 e. The molecule has 21 heavy (non-hydrogen) atoms. The molecule has 112 valence electrons. The predicted octanol–water partition coefficient (Wildman–Crippen LogP) is 4.67. The second kappa shape index (κ2) is 6.54. The number of aliphatic hydroxyl groups excluding tert-OH is 1. The van der Waals surface area contributed by atoms with Crippen LogP contribution in [0.15, 0.2) is 34.8 Å². The van der Waals surface area contributed by atoms with E-state index in [4.69, 9.17) is 4.74 Å². The average Bonchev–Trinajstić information content (AvgIpc) is 2.44. The number of ether oxygens (including phenoxy) is 1. The van der Waals surface area contributed by atoms with Gasteiger partial charge in [-0.15, -0.1) is 0 Å². The molecule has 1 atom stereocenters. The van der Waals surface area contributed by atoms with E-state index in [-0.39, 0.29) is 16.6 Å². The van der Waals surface area contributed by atoms with Crippen molar-refractivity contribution in [3.05, 3.63) is 63.1 Å². The largest absolute Gasteiger partial charge is 0.488 e. The van der Waals surface area contributed by atoms with Crippen molar-refractivity contribution in [1.82, 2.24) is 0 Å². The predicted molar refractivity (Wildman–Crippen MR) is 80.2 cm³/mol. The van der Waals surface area contributed by atoms with E-state index in [1.165, 1.54) is 12.1 Å². The van der Waals surface area contributed by atoms with E-state index < -0.39 is 17.7 Å². The third-order valence-electron chi connectivity index (χ3n) is 3.13. The van der Waals surface area contributed by atoms with Crippen molar-refractivity contribution < 1.29 is 18.6 Å². The van der Waals surface area contributed by atoms with Crippen LogP contribution in [-0.4, -0.2) is 5.11 Å². The normalized spacial score (nSPS) is 12.3. The molecule has 0 amide bonds. The van der Waals surface area contributed by atoms with Crippen LogP contribution in [0.5, 0.6) is 5.75 Å². The molecule has 0 radical (unpaired) electrons. The Kier molecular flexibility index (Phi) is 4.96. The summed E-state index contributed by atoms with van der Waals surface area (Å²) >= 11 is 3.02. The first-order chi connectivity index (χ1) is 9.90. The van der Waals surface area contributed by atoms with Crippen LogP contribution in [0.2, 0.25) is 0 Å². The highest BCUT2D eigenvalue weighted by Gasteiger charge is 2.15. The zero-order valence-corrected chi connectivity index (χ0v) is 13.2. The van der Waals surface area contributed by atoms with Gasteiger partial charge in [0.05, 0.1) is 16.1 Å². The van der Waals surface area contributed by atoms with Crippen LogP contribution in [0.1, 0.15) is 29.7 Å². The minimum absolute atomic E-state index is 0.151. The summed E-state index contributed by atoms with van der Waals surface area (Å²) in [5.74, 6) is -0.934. The Balaban J connectivity index is 2.27. The first-order valence-corrected chi connectivity index (χ1v) is 7.23. The van der Waals surface area contributed by atoms with Crippen LogP contribution in [-0.2, 0) is 6.61 Å². The molecule has 0 aliphatic rings. The maximum atomic E-state index is 13.9. The summed E-state index contributed by atoms with van der Waals surface area (Å²) in [4.78, 5) is 0. The first-order valence-electron chi connectivity index (χ1n) is 6.44. The lowest BCUT2D eigenvalue weighted by molar-refractivity contribution is 0.189. The summed E-state index contributed by atoms with van der Waals surface area (Å²) in [5.41, 5.74) is 1.41. The molecule has 0 heterocycles. The molecule has 0 aromatic heterocycles. The SMILES string of the molecule is Cc1ccc(OCc2c(F)ccc(Br)c2F)c(C(C)O)c1. The lowest BCUT2D eigenvalue weighted by Crippen LogP contribution is -2.05. The minimum atomic E-state index is -0.725. The maximum Gasteiger partial charge on any atom is 0.146 e. The van der Waals surface area contributed by atoms with E-state index >= 15 is 0 Å². The Labute approximate surface area is 130 Å². The molecule has 1 unspecified atom stereocenters. The minimum Gasteiger partial charge on any atom is -0.488 e. The topological polar surface area (TPSA) is 29.5 Å². The van der Waals surface area contributed by atoms with Gasteiger partial charge >= 0.3 is 0 Å². The van der Waals surface area contributed by atoms with Gasteiger partial charge in [0.2, 0.25) is 0 Å². The van der Waals surface area contributed by atoms with Crippen LogP contribution < -0.4 is 4.74 Å². The molecular weight excluding hydrogens is 342 g/mol. The molecule has 1 N–H and O–H groups in total. The zero-order chi connectivity index (χ0) is 15.6. The molecule has 2 nitrogen and oxygen atoms in total. The van der Waals surface area contributed by atoms with Crippen molar-refractivity contribution in [2.24, 2.45) is 0 Å². The summed E-state index contributed by atoms with van der Waals surface area (Å²) < 4.78 is 33.2. The fourth-order valence-electron chi connectivity index (χ4n) is 1.98. The van der Waals surface area contributed by atoms with E-state index in [0.717, 1.165) is 5.56 Å². The van der Waals surface area contributed by atoms with Gasteiger partial charge in [-0.3, -0.25) is 0 Å². The molecule has 0 aliphatic carbocycles. The molecule has 0 fully saturated rings. The van der Waals surface area contributed by atoms with Crippen molar-refractivity contribution in [2.75, 3.05) is 0 Å². The lowest BCUT2D eigenvalue weighted by Gasteiger charge is -2.15. The Morgan fingerprint density at radius 2 is 1.95 bits per heavy atom. The fourth-order valence-corrected chi connectivity index (χ4v) is 2.35. The number of benzene rings is 2. The first kappa shape index (κ1) is 15.9. The van der Waals surface area contributed by atoms with E-state index in [2.05, 4.69) is 15.9 Å². The third-order valence-corrected chi connectivity index (χ3v) is 3.74. The van der Waals surface area contributed by atoms with Crippen LogP contribution in [0.3, 0.4) is 0 Å². The van der Waals surface area contributed by atoms with E-state index in [1.807, 2.05) is 13.0 Å². The van der Waals surface area contributed by atoms with Gasteiger partial charge in [-0.1, -0.05) is 11.6 Å². The monoisotopic (exact) mass is 356 g/mol. The van der Waals surface area contributed by atoms with Crippen molar-refractivity contribution in [2.45, 2.75) is 26.6 Å². The molecule has 0 spiro atoms. The molecule has 2 aromatic rings. The molecule has 0 saturated carbocycles. The summed E-state index contributed by atoms with van der Waals surface area (Å²) in [5, 5.41) is 9.74. The number of aliphatic hydroxyl groups is 1. The molecular formula is C16H15BrF2O2. The molecule has 0 aliphatic heterocycles. The second-order valence-electron chi connectivity index (χ2n) is 4.83. The Bertz CT molecular complexity index is 657. The van der Waals surface area contributed by atoms with Gasteiger partial charge in [-0.05, 0) is 54.0 Å². The fraction of sp³-hybridized carbons (Fsp3) is 0.250. The standard InChI is InChI=1S/C16H15BrF2O2/c1-9-3-6-15(11(7-9)10(2)20)21-8-12-14(18)5-4-13(17)16(12)19/h3-7,10,20H,8H2,1-2H3. The Hall–Kier alpha value is -1.46. The zero-order valence-electron chi connectivity index (χ0n) is 11.7. The molecule has 0 bridgehead atoms. The number of hydrogen-bond acceptors (Lipinski definition) is 2. The number of rotatable bonds is 4. The highest BCUT2D eigenvalue weighted by atomic mass is 79.9. The maximum absolute atomic E-state index is 13.9. The molecule has 2 rings (SSSR count). The van der Waals surface area contributed by atoms with Crippen LogP contribution >= 0.6 is 15.9 Å². The van der Waals surface area contributed by atoms with Gasteiger partial charge in [0.1, 0.15) is 24.0 Å². The second-order valence-corrected chi connectivity index (χ2v) is 5.68. The van der Waals surface area contributed by atoms with Crippen LogP contribution in [0.25, 0.3) is 0 Å². The summed E-state index contributed by atoms with van der Waals surface area (Å²) in [6.45, 7) is 3.26. The third kappa shape index (κ3) is 3.60. The van der Waals surface area contributed by atoms with Crippen molar-refractivity contribution in [1.29, 1.82) is 0 Å². The van der Waals surface area contributed by atoms with Gasteiger partial charge in [0.25, 0.3) is 0 Å². The van der Waals surface area contributed by atoms with Crippen LogP contribution in [0, 0.1) is 18.6 Å². The van der Waals surface area contributed by atoms with Crippen molar-refractivity contribution >= 4 is 15.9 Å². The number of aryl methyl sites for hydroxylation is 1. The Morgan fingerprint density at radius 1 is 1.24 bits per heavy atom. The van der Waals surface area contributed by atoms with E-state index in [1.54, 1.807) is 19.1 Å². The van der Waals surface area contributed by atoms with Gasteiger partial charge in [-0.25, -0.2) is 8.78 Å². The average molecular weight is 357 g/mol.